The van der Waals surface area contributed by atoms with Crippen molar-refractivity contribution in [3.8, 4) is 11.5 Å². The zero-order chi connectivity index (χ0) is 17.3. The Hall–Kier alpha value is -2.16. The van der Waals surface area contributed by atoms with Crippen LogP contribution in [-0.4, -0.2) is 18.6 Å². The molecule has 24 heavy (non-hydrogen) atoms. The highest BCUT2D eigenvalue weighted by Gasteiger charge is 2.22. The smallest absolute Gasteiger partial charge is 0.330 e. The fourth-order valence-corrected chi connectivity index (χ4v) is 3.52. The van der Waals surface area contributed by atoms with Crippen molar-refractivity contribution in [3.63, 3.8) is 0 Å². The standard InChI is InChI=1S/C14H8Cl2FN3O3S/c15-10-2-1-3-11(12(10)16)24(21,22)20-14-19-18-13(23-14)8-4-6-9(17)7-5-8/h1-7H,(H,19,20). The molecule has 0 saturated heterocycles. The van der Waals surface area contributed by atoms with E-state index in [1.54, 1.807) is 0 Å². The van der Waals surface area contributed by atoms with E-state index in [4.69, 9.17) is 27.6 Å². The minimum atomic E-state index is -4.06. The van der Waals surface area contributed by atoms with E-state index < -0.39 is 15.8 Å². The van der Waals surface area contributed by atoms with Gasteiger partial charge in [-0.25, -0.2) is 17.5 Å². The lowest BCUT2D eigenvalue weighted by Gasteiger charge is -2.06. The highest BCUT2D eigenvalue weighted by molar-refractivity contribution is 7.92. The number of aromatic nitrogens is 2. The quantitative estimate of drug-likeness (QED) is 0.731. The van der Waals surface area contributed by atoms with Gasteiger partial charge in [0.2, 0.25) is 5.89 Å². The summed E-state index contributed by atoms with van der Waals surface area (Å²) in [5.74, 6) is -0.389. The maximum atomic E-state index is 12.9. The third-order valence-corrected chi connectivity index (χ3v) is 5.24. The Balaban J connectivity index is 1.89. The summed E-state index contributed by atoms with van der Waals surface area (Å²) in [5.41, 5.74) is 0.440. The number of hydrogen-bond acceptors (Lipinski definition) is 5. The van der Waals surface area contributed by atoms with Crippen LogP contribution < -0.4 is 4.72 Å². The number of nitrogens with one attached hydrogen (secondary N) is 1. The second-order valence-corrected chi connectivity index (χ2v) is 7.01. The maximum Gasteiger partial charge on any atom is 0.330 e. The molecular weight excluding hydrogens is 380 g/mol. The minimum Gasteiger partial charge on any atom is -0.403 e. The van der Waals surface area contributed by atoms with Crippen molar-refractivity contribution < 1.29 is 17.2 Å². The van der Waals surface area contributed by atoms with Gasteiger partial charge in [-0.3, -0.25) is 0 Å². The Morgan fingerprint density at radius 3 is 2.46 bits per heavy atom. The molecule has 2 aromatic carbocycles. The Bertz CT molecular complexity index is 991. The molecule has 0 unspecified atom stereocenters. The minimum absolute atomic E-state index is 0.0323. The molecule has 1 aromatic heterocycles. The highest BCUT2D eigenvalue weighted by Crippen LogP contribution is 2.30. The molecule has 124 valence electrons. The Labute approximate surface area is 146 Å². The Morgan fingerprint density at radius 2 is 1.75 bits per heavy atom. The van der Waals surface area contributed by atoms with Gasteiger partial charge in [0.1, 0.15) is 10.7 Å². The van der Waals surface area contributed by atoms with Gasteiger partial charge in [-0.2, -0.15) is 0 Å². The van der Waals surface area contributed by atoms with E-state index in [9.17, 15) is 12.8 Å². The third-order valence-electron chi connectivity index (χ3n) is 2.94. The molecule has 10 heteroatoms. The number of sulfonamides is 1. The average Bonchev–Trinajstić information content (AvgIpc) is 2.98. The van der Waals surface area contributed by atoms with Crippen LogP contribution >= 0.6 is 23.2 Å². The van der Waals surface area contributed by atoms with Crippen molar-refractivity contribution >= 4 is 39.2 Å². The van der Waals surface area contributed by atoms with Crippen molar-refractivity contribution in [1.29, 1.82) is 0 Å². The van der Waals surface area contributed by atoms with E-state index in [1.807, 2.05) is 0 Å². The zero-order valence-electron chi connectivity index (χ0n) is 11.7. The van der Waals surface area contributed by atoms with Crippen LogP contribution in [0.3, 0.4) is 0 Å². The van der Waals surface area contributed by atoms with E-state index in [0.29, 0.717) is 5.56 Å². The van der Waals surface area contributed by atoms with Gasteiger partial charge in [-0.1, -0.05) is 34.4 Å². The molecule has 0 bridgehead atoms. The van der Waals surface area contributed by atoms with Gasteiger partial charge in [0.25, 0.3) is 10.0 Å². The van der Waals surface area contributed by atoms with Gasteiger partial charge in [-0.05, 0) is 36.4 Å². The number of nitrogens with zero attached hydrogens (tertiary/aromatic N) is 2. The first-order valence-electron chi connectivity index (χ1n) is 6.43. The third kappa shape index (κ3) is 3.35. The predicted octanol–water partition coefficient (Wildman–Crippen LogP) is 3.98. The van der Waals surface area contributed by atoms with Gasteiger partial charge >= 0.3 is 6.01 Å². The zero-order valence-corrected chi connectivity index (χ0v) is 14.0. The number of hydrogen-bond donors (Lipinski definition) is 1. The molecule has 0 aliphatic carbocycles. The van der Waals surface area contributed by atoms with Crippen LogP contribution in [0.15, 0.2) is 51.8 Å². The molecule has 0 aliphatic rings. The predicted molar refractivity (Wildman–Crippen MR) is 87.0 cm³/mol. The van der Waals surface area contributed by atoms with Crippen LogP contribution in [0.1, 0.15) is 0 Å². The molecule has 3 rings (SSSR count). The molecule has 3 aromatic rings. The van der Waals surface area contributed by atoms with Crippen molar-refractivity contribution in [2.24, 2.45) is 0 Å². The molecule has 0 spiro atoms. The lowest BCUT2D eigenvalue weighted by Crippen LogP contribution is -2.13. The number of benzene rings is 2. The first-order chi connectivity index (χ1) is 11.4. The second-order valence-electron chi connectivity index (χ2n) is 4.58. The monoisotopic (exact) mass is 387 g/mol. The molecule has 6 nitrogen and oxygen atoms in total. The second kappa shape index (κ2) is 6.39. The van der Waals surface area contributed by atoms with Crippen LogP contribution in [0.5, 0.6) is 0 Å². The SMILES string of the molecule is O=S(=O)(Nc1nnc(-c2ccc(F)cc2)o1)c1cccc(Cl)c1Cl. The summed E-state index contributed by atoms with van der Waals surface area (Å²) in [6.07, 6.45) is 0. The molecule has 0 amide bonds. The molecular formula is C14H8Cl2FN3O3S. The fraction of sp³-hybridized carbons (Fsp3) is 0. The Morgan fingerprint density at radius 1 is 1.04 bits per heavy atom. The van der Waals surface area contributed by atoms with Crippen molar-refractivity contribution in [2.45, 2.75) is 4.90 Å². The first kappa shape index (κ1) is 16.7. The summed E-state index contributed by atoms with van der Waals surface area (Å²) in [7, 11) is -4.06. The topological polar surface area (TPSA) is 85.1 Å². The van der Waals surface area contributed by atoms with Crippen LogP contribution in [0.4, 0.5) is 10.4 Å². The van der Waals surface area contributed by atoms with E-state index in [1.165, 1.54) is 42.5 Å². The summed E-state index contributed by atoms with van der Waals surface area (Å²) in [5, 5.41) is 7.28. The fourth-order valence-electron chi connectivity index (χ4n) is 1.84. The molecule has 0 atom stereocenters. The van der Waals surface area contributed by atoms with Crippen molar-refractivity contribution in [2.75, 3.05) is 4.72 Å². The molecule has 0 radical (unpaired) electrons. The van der Waals surface area contributed by atoms with E-state index in [0.717, 1.165) is 0 Å². The normalized spacial score (nSPS) is 11.5. The summed E-state index contributed by atoms with van der Waals surface area (Å²) >= 11 is 11.7. The first-order valence-corrected chi connectivity index (χ1v) is 8.67. The van der Waals surface area contributed by atoms with Crippen LogP contribution in [0.25, 0.3) is 11.5 Å². The number of halogens is 3. The number of anilines is 1. The van der Waals surface area contributed by atoms with Gasteiger partial charge in [0.15, 0.2) is 0 Å². The van der Waals surface area contributed by atoms with E-state index >= 15 is 0 Å². The average molecular weight is 388 g/mol. The van der Waals surface area contributed by atoms with Gasteiger partial charge in [-0.15, -0.1) is 5.10 Å². The highest BCUT2D eigenvalue weighted by atomic mass is 35.5. The van der Waals surface area contributed by atoms with Gasteiger partial charge in [0.05, 0.1) is 10.0 Å². The van der Waals surface area contributed by atoms with Gasteiger partial charge < -0.3 is 4.42 Å². The Kier molecular flexibility index (Phi) is 4.44. The summed E-state index contributed by atoms with van der Waals surface area (Å²) in [6, 6.07) is 9.12. The maximum absolute atomic E-state index is 12.9. The molecule has 1 N–H and O–H groups in total. The summed E-state index contributed by atoms with van der Waals surface area (Å²) in [6.45, 7) is 0. The summed E-state index contributed by atoms with van der Waals surface area (Å²) < 4.78 is 44.9. The lowest BCUT2D eigenvalue weighted by molar-refractivity contribution is 0.577. The summed E-state index contributed by atoms with van der Waals surface area (Å²) in [4.78, 5) is -0.224. The largest absolute Gasteiger partial charge is 0.403 e. The molecule has 0 saturated carbocycles. The lowest BCUT2D eigenvalue weighted by atomic mass is 10.2. The van der Waals surface area contributed by atoms with E-state index in [-0.39, 0.29) is 26.8 Å². The van der Waals surface area contributed by atoms with Crippen molar-refractivity contribution in [1.82, 2.24) is 10.2 Å². The number of rotatable bonds is 4. The molecule has 1 heterocycles. The molecule has 0 aliphatic heterocycles. The van der Waals surface area contributed by atoms with Crippen molar-refractivity contribution in [3.05, 3.63) is 58.3 Å². The molecule has 0 fully saturated rings. The van der Waals surface area contributed by atoms with Gasteiger partial charge in [0, 0.05) is 5.56 Å². The van der Waals surface area contributed by atoms with Crippen LogP contribution in [0, 0.1) is 5.82 Å². The van der Waals surface area contributed by atoms with Crippen LogP contribution in [0.2, 0.25) is 10.0 Å². The van der Waals surface area contributed by atoms with Crippen LogP contribution in [-0.2, 0) is 10.0 Å². The van der Waals surface area contributed by atoms with E-state index in [2.05, 4.69) is 14.9 Å².